The van der Waals surface area contributed by atoms with Gasteiger partial charge in [0.25, 0.3) is 0 Å². The van der Waals surface area contributed by atoms with Crippen LogP contribution in [0.15, 0.2) is 36.7 Å². The molecule has 1 aromatic heterocycles. The van der Waals surface area contributed by atoms with E-state index in [4.69, 9.17) is 5.73 Å². The van der Waals surface area contributed by atoms with E-state index in [1.165, 1.54) is 17.1 Å². The Labute approximate surface area is 81.0 Å². The van der Waals surface area contributed by atoms with Crippen molar-refractivity contribution in [2.45, 2.75) is 6.54 Å². The third kappa shape index (κ3) is 1.65. The molecule has 0 aliphatic heterocycles. The minimum absolute atomic E-state index is 0.340. The molecule has 0 saturated carbocycles. The smallest absolute Gasteiger partial charge is 0.161 e. The van der Waals surface area contributed by atoms with Crippen LogP contribution in [-0.4, -0.2) is 9.78 Å². The largest absolute Gasteiger partial charge is 0.326 e. The lowest BCUT2D eigenvalue weighted by Crippen LogP contribution is -1.98. The summed E-state index contributed by atoms with van der Waals surface area (Å²) in [6, 6.07) is 7.51. The molecule has 1 heterocycles. The van der Waals surface area contributed by atoms with E-state index in [1.807, 2.05) is 24.3 Å². The average Bonchev–Trinajstić information content (AvgIpc) is 2.65. The molecule has 0 spiro atoms. The normalized spacial score (nSPS) is 10.4. The molecule has 0 bridgehead atoms. The molecule has 2 N–H and O–H groups in total. The summed E-state index contributed by atoms with van der Waals surface area (Å²) in [5.74, 6) is -0.340. The number of aromatic nitrogens is 2. The number of benzene rings is 1. The van der Waals surface area contributed by atoms with Gasteiger partial charge in [0.1, 0.15) is 0 Å². The molecule has 4 heteroatoms. The van der Waals surface area contributed by atoms with Gasteiger partial charge in [-0.25, -0.2) is 9.07 Å². The maximum Gasteiger partial charge on any atom is 0.161 e. The molecular weight excluding hydrogens is 181 g/mol. The summed E-state index contributed by atoms with van der Waals surface area (Å²) in [5, 5.41) is 3.85. The molecule has 0 radical (unpaired) electrons. The van der Waals surface area contributed by atoms with E-state index in [0.29, 0.717) is 6.54 Å². The molecule has 3 nitrogen and oxygen atoms in total. The van der Waals surface area contributed by atoms with Crippen molar-refractivity contribution in [2.75, 3.05) is 0 Å². The van der Waals surface area contributed by atoms with Gasteiger partial charge >= 0.3 is 0 Å². The van der Waals surface area contributed by atoms with Crippen LogP contribution in [0.4, 0.5) is 4.39 Å². The van der Waals surface area contributed by atoms with Crippen molar-refractivity contribution >= 4 is 0 Å². The van der Waals surface area contributed by atoms with Gasteiger partial charge in [0.2, 0.25) is 0 Å². The van der Waals surface area contributed by atoms with Crippen LogP contribution in [0.5, 0.6) is 0 Å². The molecule has 2 aromatic rings. The van der Waals surface area contributed by atoms with Crippen molar-refractivity contribution in [1.29, 1.82) is 0 Å². The highest BCUT2D eigenvalue weighted by atomic mass is 19.1. The minimum Gasteiger partial charge on any atom is -0.326 e. The molecule has 0 unspecified atom stereocenters. The van der Waals surface area contributed by atoms with Gasteiger partial charge in [-0.15, -0.1) is 0 Å². The number of nitrogens with zero attached hydrogens (tertiary/aromatic N) is 2. The maximum atomic E-state index is 12.7. The lowest BCUT2D eigenvalue weighted by atomic mass is 10.2. The van der Waals surface area contributed by atoms with Gasteiger partial charge in [0.05, 0.1) is 18.1 Å². The number of nitrogens with two attached hydrogens (primary N) is 1. The Bertz CT molecular complexity index is 419. The predicted octanol–water partition coefficient (Wildman–Crippen LogP) is 1.47. The summed E-state index contributed by atoms with van der Waals surface area (Å²) < 4.78 is 14.1. The van der Waals surface area contributed by atoms with Crippen LogP contribution in [0, 0.1) is 5.82 Å². The lowest BCUT2D eigenvalue weighted by molar-refractivity contribution is 0.627. The Morgan fingerprint density at radius 1 is 1.29 bits per heavy atom. The number of halogens is 1. The van der Waals surface area contributed by atoms with Gasteiger partial charge in [-0.3, -0.25) is 0 Å². The van der Waals surface area contributed by atoms with Crippen molar-refractivity contribution in [3.05, 3.63) is 48.0 Å². The molecule has 0 fully saturated rings. The quantitative estimate of drug-likeness (QED) is 0.781. The molecule has 2 rings (SSSR count). The number of rotatable bonds is 2. The highest BCUT2D eigenvalue weighted by molar-refractivity contribution is 5.33. The van der Waals surface area contributed by atoms with Crippen LogP contribution in [-0.2, 0) is 6.54 Å². The van der Waals surface area contributed by atoms with Crippen LogP contribution in [0.2, 0.25) is 0 Å². The Balaban J connectivity index is 2.33. The standard InChI is InChI=1S/C10H10FN3/c11-9-6-13-14(7-9)10-3-1-8(5-12)2-4-10/h1-4,6-7H,5,12H2. The zero-order valence-corrected chi connectivity index (χ0v) is 7.52. The molecule has 0 aliphatic rings. The molecule has 14 heavy (non-hydrogen) atoms. The topological polar surface area (TPSA) is 43.8 Å². The third-order valence-corrected chi connectivity index (χ3v) is 1.99. The van der Waals surface area contributed by atoms with Gasteiger partial charge in [-0.1, -0.05) is 12.1 Å². The van der Waals surface area contributed by atoms with E-state index >= 15 is 0 Å². The minimum atomic E-state index is -0.340. The molecule has 1 aromatic carbocycles. The zero-order chi connectivity index (χ0) is 9.97. The Kier molecular flexibility index (Phi) is 2.28. The lowest BCUT2D eigenvalue weighted by Gasteiger charge is -2.01. The molecule has 0 aliphatic carbocycles. The van der Waals surface area contributed by atoms with Gasteiger partial charge < -0.3 is 5.73 Å². The number of hydrogen-bond donors (Lipinski definition) is 1. The first-order valence-electron chi connectivity index (χ1n) is 4.29. The Morgan fingerprint density at radius 2 is 2.00 bits per heavy atom. The number of hydrogen-bond acceptors (Lipinski definition) is 2. The van der Waals surface area contributed by atoms with Gasteiger partial charge in [0.15, 0.2) is 5.82 Å². The van der Waals surface area contributed by atoms with E-state index in [9.17, 15) is 4.39 Å². The fourth-order valence-electron chi connectivity index (χ4n) is 1.23. The van der Waals surface area contributed by atoms with Gasteiger partial charge in [-0.05, 0) is 17.7 Å². The fraction of sp³-hybridized carbons (Fsp3) is 0.100. The highest BCUT2D eigenvalue weighted by Gasteiger charge is 1.99. The summed E-state index contributed by atoms with van der Waals surface area (Å²) >= 11 is 0. The van der Waals surface area contributed by atoms with E-state index in [-0.39, 0.29) is 5.82 Å². The Hall–Kier alpha value is -1.68. The van der Waals surface area contributed by atoms with Crippen LogP contribution < -0.4 is 5.73 Å². The predicted molar refractivity (Wildman–Crippen MR) is 51.4 cm³/mol. The van der Waals surface area contributed by atoms with E-state index in [0.717, 1.165) is 11.3 Å². The first-order chi connectivity index (χ1) is 6.79. The van der Waals surface area contributed by atoms with Crippen LogP contribution in [0.25, 0.3) is 5.69 Å². The molecule has 0 saturated heterocycles. The van der Waals surface area contributed by atoms with Crippen LogP contribution in [0.1, 0.15) is 5.56 Å². The van der Waals surface area contributed by atoms with Crippen molar-refractivity contribution < 1.29 is 4.39 Å². The summed E-state index contributed by atoms with van der Waals surface area (Å²) in [6.07, 6.45) is 2.51. The average molecular weight is 191 g/mol. The van der Waals surface area contributed by atoms with E-state index in [2.05, 4.69) is 5.10 Å². The van der Waals surface area contributed by atoms with Crippen molar-refractivity contribution in [3.8, 4) is 5.69 Å². The molecular formula is C10H10FN3. The second kappa shape index (κ2) is 3.59. The van der Waals surface area contributed by atoms with E-state index in [1.54, 1.807) is 0 Å². The summed E-state index contributed by atoms with van der Waals surface area (Å²) in [7, 11) is 0. The van der Waals surface area contributed by atoms with Crippen molar-refractivity contribution in [1.82, 2.24) is 9.78 Å². The molecule has 0 amide bonds. The molecule has 72 valence electrons. The first-order valence-corrected chi connectivity index (χ1v) is 4.29. The summed E-state index contributed by atoms with van der Waals surface area (Å²) in [4.78, 5) is 0. The van der Waals surface area contributed by atoms with Crippen molar-refractivity contribution in [2.24, 2.45) is 5.73 Å². The highest BCUT2D eigenvalue weighted by Crippen LogP contribution is 2.09. The van der Waals surface area contributed by atoms with Crippen LogP contribution >= 0.6 is 0 Å². The zero-order valence-electron chi connectivity index (χ0n) is 7.52. The SMILES string of the molecule is NCc1ccc(-n2cc(F)cn2)cc1. The molecule has 0 atom stereocenters. The monoisotopic (exact) mass is 191 g/mol. The van der Waals surface area contributed by atoms with Crippen LogP contribution in [0.3, 0.4) is 0 Å². The maximum absolute atomic E-state index is 12.7. The second-order valence-electron chi connectivity index (χ2n) is 2.97. The summed E-state index contributed by atoms with van der Waals surface area (Å²) in [5.41, 5.74) is 7.33. The fourth-order valence-corrected chi connectivity index (χ4v) is 1.23. The van der Waals surface area contributed by atoms with Gasteiger partial charge in [-0.2, -0.15) is 5.10 Å². The first kappa shape index (κ1) is 8.90. The third-order valence-electron chi connectivity index (χ3n) is 1.99. The van der Waals surface area contributed by atoms with Crippen molar-refractivity contribution in [3.63, 3.8) is 0 Å². The Morgan fingerprint density at radius 3 is 2.50 bits per heavy atom. The van der Waals surface area contributed by atoms with Gasteiger partial charge in [0, 0.05) is 6.54 Å². The summed E-state index contributed by atoms with van der Waals surface area (Å²) in [6.45, 7) is 0.508. The second-order valence-corrected chi connectivity index (χ2v) is 2.97. The van der Waals surface area contributed by atoms with E-state index < -0.39 is 0 Å².